The molecule has 1 aromatic heterocycles. The Bertz CT molecular complexity index is 351. The Morgan fingerprint density at radius 2 is 2.41 bits per heavy atom. The van der Waals surface area contributed by atoms with Crippen LogP contribution in [0, 0.1) is 0 Å². The van der Waals surface area contributed by atoms with Gasteiger partial charge < -0.3 is 15.2 Å². The molecule has 0 saturated heterocycles. The maximum atomic E-state index is 12.0. The lowest BCUT2D eigenvalue weighted by molar-refractivity contribution is 0.0936. The molecular weight excluding hydrogens is 238 g/mol. The monoisotopic (exact) mass is 257 g/mol. The summed E-state index contributed by atoms with van der Waals surface area (Å²) in [4.78, 5) is 12.7. The van der Waals surface area contributed by atoms with Crippen LogP contribution >= 0.6 is 11.3 Å². The number of methoxy groups -OCH3 is 1. The zero-order chi connectivity index (χ0) is 12.7. The summed E-state index contributed by atoms with van der Waals surface area (Å²) in [7, 11) is 1.61. The average molecular weight is 257 g/mol. The molecule has 96 valence electrons. The SMILES string of the molecule is COCc1ccsc1C(=O)NC(C)CCCO. The molecule has 1 unspecified atom stereocenters. The lowest BCUT2D eigenvalue weighted by Gasteiger charge is -2.13. The van der Waals surface area contributed by atoms with E-state index < -0.39 is 0 Å². The maximum Gasteiger partial charge on any atom is 0.261 e. The smallest absolute Gasteiger partial charge is 0.261 e. The van der Waals surface area contributed by atoms with Gasteiger partial charge in [0.1, 0.15) is 0 Å². The average Bonchev–Trinajstić information content (AvgIpc) is 2.75. The van der Waals surface area contributed by atoms with E-state index >= 15 is 0 Å². The first-order chi connectivity index (χ1) is 8.19. The summed E-state index contributed by atoms with van der Waals surface area (Å²) in [6, 6.07) is 1.98. The van der Waals surface area contributed by atoms with Gasteiger partial charge in [0.2, 0.25) is 0 Å². The standard InChI is InChI=1S/C12H19NO3S/c1-9(4-3-6-14)13-12(15)11-10(8-16-2)5-7-17-11/h5,7,9,14H,3-4,6,8H2,1-2H3,(H,13,15). The Morgan fingerprint density at radius 3 is 3.06 bits per heavy atom. The predicted molar refractivity (Wildman–Crippen MR) is 68.3 cm³/mol. The van der Waals surface area contributed by atoms with Crippen molar-refractivity contribution in [3.8, 4) is 0 Å². The van der Waals surface area contributed by atoms with Crippen molar-refractivity contribution in [2.75, 3.05) is 13.7 Å². The minimum Gasteiger partial charge on any atom is -0.396 e. The lowest BCUT2D eigenvalue weighted by atomic mass is 10.2. The van der Waals surface area contributed by atoms with Crippen LogP contribution in [0.15, 0.2) is 11.4 Å². The Hall–Kier alpha value is -0.910. The highest BCUT2D eigenvalue weighted by atomic mass is 32.1. The zero-order valence-electron chi connectivity index (χ0n) is 10.2. The molecule has 4 nitrogen and oxygen atoms in total. The van der Waals surface area contributed by atoms with Gasteiger partial charge in [0.25, 0.3) is 5.91 Å². The van der Waals surface area contributed by atoms with E-state index in [0.29, 0.717) is 17.9 Å². The number of aliphatic hydroxyl groups is 1. The van der Waals surface area contributed by atoms with Gasteiger partial charge in [0, 0.05) is 25.3 Å². The van der Waals surface area contributed by atoms with Crippen LogP contribution in [-0.4, -0.2) is 30.8 Å². The summed E-state index contributed by atoms with van der Waals surface area (Å²) in [5.41, 5.74) is 0.921. The van der Waals surface area contributed by atoms with Crippen LogP contribution in [0.5, 0.6) is 0 Å². The van der Waals surface area contributed by atoms with Crippen LogP contribution < -0.4 is 5.32 Å². The minimum atomic E-state index is -0.0579. The van der Waals surface area contributed by atoms with Crippen molar-refractivity contribution in [2.45, 2.75) is 32.4 Å². The fourth-order valence-electron chi connectivity index (χ4n) is 1.56. The van der Waals surface area contributed by atoms with E-state index in [1.54, 1.807) is 7.11 Å². The maximum absolute atomic E-state index is 12.0. The molecule has 0 aromatic carbocycles. The summed E-state index contributed by atoms with van der Waals surface area (Å²) >= 11 is 1.42. The molecule has 0 aliphatic heterocycles. The second-order valence-corrected chi connectivity index (χ2v) is 4.86. The van der Waals surface area contributed by atoms with Crippen molar-refractivity contribution in [3.05, 3.63) is 21.9 Å². The highest BCUT2D eigenvalue weighted by Crippen LogP contribution is 2.17. The molecule has 17 heavy (non-hydrogen) atoms. The second kappa shape index (κ2) is 7.42. The first-order valence-corrected chi connectivity index (χ1v) is 6.54. The zero-order valence-corrected chi connectivity index (χ0v) is 11.0. The van der Waals surface area contributed by atoms with Crippen LogP contribution in [-0.2, 0) is 11.3 Å². The Morgan fingerprint density at radius 1 is 1.65 bits per heavy atom. The van der Waals surface area contributed by atoms with Gasteiger partial charge in [0.05, 0.1) is 11.5 Å². The number of aliphatic hydroxyl groups excluding tert-OH is 1. The van der Waals surface area contributed by atoms with Crippen LogP contribution in [0.25, 0.3) is 0 Å². The van der Waals surface area contributed by atoms with Crippen LogP contribution in [0.1, 0.15) is 35.0 Å². The molecule has 1 heterocycles. The molecule has 1 rings (SSSR count). The molecule has 0 aliphatic carbocycles. The summed E-state index contributed by atoms with van der Waals surface area (Å²) in [5, 5.41) is 13.5. The van der Waals surface area contributed by atoms with Crippen molar-refractivity contribution >= 4 is 17.2 Å². The van der Waals surface area contributed by atoms with Crippen LogP contribution in [0.4, 0.5) is 0 Å². The number of nitrogens with one attached hydrogen (secondary N) is 1. The van der Waals surface area contributed by atoms with Crippen LogP contribution in [0.2, 0.25) is 0 Å². The minimum absolute atomic E-state index is 0.0579. The van der Waals surface area contributed by atoms with E-state index in [0.717, 1.165) is 12.0 Å². The molecular formula is C12H19NO3S. The number of ether oxygens (including phenoxy) is 1. The van der Waals surface area contributed by atoms with E-state index in [-0.39, 0.29) is 18.6 Å². The second-order valence-electron chi connectivity index (χ2n) is 3.95. The van der Waals surface area contributed by atoms with Gasteiger partial charge in [-0.15, -0.1) is 11.3 Å². The summed E-state index contributed by atoms with van der Waals surface area (Å²) in [6.07, 6.45) is 1.49. The largest absolute Gasteiger partial charge is 0.396 e. The highest BCUT2D eigenvalue weighted by Gasteiger charge is 2.14. The van der Waals surface area contributed by atoms with Crippen molar-refractivity contribution in [2.24, 2.45) is 0 Å². The first kappa shape index (κ1) is 14.2. The van der Waals surface area contributed by atoms with Gasteiger partial charge in [0.15, 0.2) is 0 Å². The molecule has 5 heteroatoms. The number of rotatable bonds is 7. The van der Waals surface area contributed by atoms with Gasteiger partial charge in [-0.2, -0.15) is 0 Å². The van der Waals surface area contributed by atoms with E-state index in [4.69, 9.17) is 9.84 Å². The molecule has 0 aliphatic rings. The van der Waals surface area contributed by atoms with E-state index in [9.17, 15) is 4.79 Å². The molecule has 0 bridgehead atoms. The fourth-order valence-corrected chi connectivity index (χ4v) is 2.38. The van der Waals surface area contributed by atoms with Gasteiger partial charge >= 0.3 is 0 Å². The Labute approximate surface area is 106 Å². The molecule has 0 fully saturated rings. The summed E-state index contributed by atoms with van der Waals surface area (Å²) in [6.45, 7) is 2.56. The van der Waals surface area contributed by atoms with Crippen molar-refractivity contribution in [1.82, 2.24) is 5.32 Å². The van der Waals surface area contributed by atoms with Gasteiger partial charge in [-0.3, -0.25) is 4.79 Å². The third-order valence-electron chi connectivity index (χ3n) is 2.43. The number of hydrogen-bond acceptors (Lipinski definition) is 4. The van der Waals surface area contributed by atoms with E-state index in [1.165, 1.54) is 11.3 Å². The first-order valence-electron chi connectivity index (χ1n) is 5.66. The van der Waals surface area contributed by atoms with E-state index in [1.807, 2.05) is 18.4 Å². The van der Waals surface area contributed by atoms with Crippen LogP contribution in [0.3, 0.4) is 0 Å². The van der Waals surface area contributed by atoms with Gasteiger partial charge in [-0.1, -0.05) is 0 Å². The number of hydrogen-bond donors (Lipinski definition) is 2. The quantitative estimate of drug-likeness (QED) is 0.783. The lowest BCUT2D eigenvalue weighted by Crippen LogP contribution is -2.32. The van der Waals surface area contributed by atoms with Gasteiger partial charge in [-0.05, 0) is 31.2 Å². The molecule has 1 atom stereocenters. The number of thiophene rings is 1. The van der Waals surface area contributed by atoms with Crippen molar-refractivity contribution in [1.29, 1.82) is 0 Å². The third kappa shape index (κ3) is 4.46. The fraction of sp³-hybridized carbons (Fsp3) is 0.583. The number of carbonyl (C=O) groups is 1. The van der Waals surface area contributed by atoms with E-state index in [2.05, 4.69) is 5.32 Å². The molecule has 1 aromatic rings. The molecule has 0 saturated carbocycles. The molecule has 0 radical (unpaired) electrons. The normalized spacial score (nSPS) is 12.4. The molecule has 2 N–H and O–H groups in total. The van der Waals surface area contributed by atoms with Crippen molar-refractivity contribution in [3.63, 3.8) is 0 Å². The highest BCUT2D eigenvalue weighted by molar-refractivity contribution is 7.12. The molecule has 1 amide bonds. The third-order valence-corrected chi connectivity index (χ3v) is 3.38. The predicted octanol–water partition coefficient (Wildman–Crippen LogP) is 1.79. The Kier molecular flexibility index (Phi) is 6.18. The molecule has 0 spiro atoms. The number of carbonyl (C=O) groups excluding carboxylic acids is 1. The topological polar surface area (TPSA) is 58.6 Å². The summed E-state index contributed by atoms with van der Waals surface area (Å²) < 4.78 is 5.04. The Balaban J connectivity index is 2.53. The van der Waals surface area contributed by atoms with Crippen molar-refractivity contribution < 1.29 is 14.6 Å². The number of amides is 1. The summed E-state index contributed by atoms with van der Waals surface area (Å²) in [5.74, 6) is -0.0579. The van der Waals surface area contributed by atoms with Gasteiger partial charge in [-0.25, -0.2) is 0 Å².